The average Bonchev–Trinajstić information content (AvgIpc) is 3.08. The van der Waals surface area contributed by atoms with Gasteiger partial charge in [0.2, 0.25) is 0 Å². The Morgan fingerprint density at radius 1 is 1.33 bits per heavy atom. The van der Waals surface area contributed by atoms with E-state index in [2.05, 4.69) is 26.8 Å². The summed E-state index contributed by atoms with van der Waals surface area (Å²) in [5, 5.41) is 18.5. The van der Waals surface area contributed by atoms with E-state index in [0.29, 0.717) is 5.52 Å². The highest BCUT2D eigenvalue weighted by molar-refractivity contribution is 7.92. The number of hydrogen-bond acceptors (Lipinski definition) is 6. The molecule has 2 N–H and O–H groups in total. The fourth-order valence-corrected chi connectivity index (χ4v) is 4.12. The first-order chi connectivity index (χ1) is 12.8. The lowest BCUT2D eigenvalue weighted by Crippen LogP contribution is -2.15. The van der Waals surface area contributed by atoms with Crippen LogP contribution in [0.15, 0.2) is 41.4 Å². The van der Waals surface area contributed by atoms with Gasteiger partial charge in [0.25, 0.3) is 15.7 Å². The van der Waals surface area contributed by atoms with Crippen molar-refractivity contribution in [3.63, 3.8) is 0 Å². The highest BCUT2D eigenvalue weighted by Crippen LogP contribution is 2.32. The molecule has 0 fully saturated rings. The first kappa shape index (κ1) is 18.8. The van der Waals surface area contributed by atoms with Crippen molar-refractivity contribution in [2.45, 2.75) is 37.5 Å². The Labute approximate surface area is 156 Å². The second-order valence-electron chi connectivity index (χ2n) is 6.24. The van der Waals surface area contributed by atoms with Crippen LogP contribution in [0.5, 0.6) is 0 Å². The smallest absolute Gasteiger partial charge is 0.280 e. The van der Waals surface area contributed by atoms with Crippen LogP contribution in [0.4, 0.5) is 11.5 Å². The predicted molar refractivity (Wildman–Crippen MR) is 101 cm³/mol. The van der Waals surface area contributed by atoms with E-state index in [4.69, 9.17) is 0 Å². The van der Waals surface area contributed by atoms with Crippen LogP contribution in [0, 0.1) is 10.1 Å². The lowest BCUT2D eigenvalue weighted by Gasteiger charge is -2.08. The Bertz CT molecular complexity index is 1090. The molecule has 10 heteroatoms. The first-order valence-electron chi connectivity index (χ1n) is 8.43. The number of benzene rings is 1. The third kappa shape index (κ3) is 3.75. The summed E-state index contributed by atoms with van der Waals surface area (Å²) in [6, 6.07) is 7.22. The number of nitro benzene ring substituents is 1. The molecule has 0 saturated carbocycles. The fraction of sp³-hybridized carbons (Fsp3) is 0.294. The summed E-state index contributed by atoms with van der Waals surface area (Å²) in [5.41, 5.74) is 0.633. The molecule has 1 atom stereocenters. The lowest BCUT2D eigenvalue weighted by molar-refractivity contribution is -0.386. The van der Waals surface area contributed by atoms with Crippen LogP contribution in [0.2, 0.25) is 0 Å². The van der Waals surface area contributed by atoms with Crippen LogP contribution in [0.1, 0.15) is 38.3 Å². The maximum atomic E-state index is 12.8. The summed E-state index contributed by atoms with van der Waals surface area (Å²) < 4.78 is 27.9. The minimum absolute atomic E-state index is 0.0912. The van der Waals surface area contributed by atoms with E-state index in [1.807, 2.05) is 6.92 Å². The topological polar surface area (TPSA) is 131 Å². The van der Waals surface area contributed by atoms with Crippen LogP contribution >= 0.6 is 0 Å². The zero-order valence-electron chi connectivity index (χ0n) is 14.8. The van der Waals surface area contributed by atoms with Gasteiger partial charge in [0.15, 0.2) is 10.7 Å². The van der Waals surface area contributed by atoms with Crippen molar-refractivity contribution in [1.82, 2.24) is 15.2 Å². The van der Waals surface area contributed by atoms with Crippen molar-refractivity contribution in [3.05, 3.63) is 52.3 Å². The number of nitro groups is 1. The monoisotopic (exact) mass is 389 g/mol. The van der Waals surface area contributed by atoms with Gasteiger partial charge >= 0.3 is 0 Å². The molecule has 142 valence electrons. The Hall–Kier alpha value is -3.01. The molecule has 0 radical (unpaired) electrons. The van der Waals surface area contributed by atoms with E-state index in [0.717, 1.165) is 18.5 Å². The van der Waals surface area contributed by atoms with Crippen LogP contribution in [-0.2, 0) is 10.0 Å². The molecular formula is C17H19N5O4S. The van der Waals surface area contributed by atoms with Crippen molar-refractivity contribution in [2.24, 2.45) is 0 Å². The molecule has 0 amide bonds. The Morgan fingerprint density at radius 2 is 2.11 bits per heavy atom. The third-order valence-electron chi connectivity index (χ3n) is 4.28. The number of rotatable bonds is 7. The van der Waals surface area contributed by atoms with Crippen LogP contribution < -0.4 is 4.72 Å². The summed E-state index contributed by atoms with van der Waals surface area (Å²) >= 11 is 0. The minimum Gasteiger partial charge on any atom is -0.280 e. The van der Waals surface area contributed by atoms with Gasteiger partial charge in [-0.25, -0.2) is 8.42 Å². The molecule has 0 aliphatic carbocycles. The Kier molecular flexibility index (Phi) is 5.08. The Morgan fingerprint density at radius 3 is 2.81 bits per heavy atom. The number of sulfonamides is 1. The van der Waals surface area contributed by atoms with E-state index in [1.54, 1.807) is 6.07 Å². The lowest BCUT2D eigenvalue weighted by atomic mass is 10.0. The van der Waals surface area contributed by atoms with E-state index < -0.39 is 25.5 Å². The molecule has 0 aliphatic heterocycles. The van der Waals surface area contributed by atoms with Crippen LogP contribution in [-0.4, -0.2) is 28.5 Å². The molecule has 0 aliphatic rings. The largest absolute Gasteiger partial charge is 0.299 e. The van der Waals surface area contributed by atoms with Gasteiger partial charge in [-0.1, -0.05) is 20.3 Å². The highest BCUT2D eigenvalue weighted by atomic mass is 32.2. The number of aromatic amines is 1. The van der Waals surface area contributed by atoms with E-state index in [1.165, 1.54) is 30.5 Å². The number of nitrogens with one attached hydrogen (secondary N) is 2. The molecule has 27 heavy (non-hydrogen) atoms. The molecule has 1 unspecified atom stereocenters. The zero-order valence-corrected chi connectivity index (χ0v) is 15.7. The number of anilines is 1. The number of fused-ring (bicyclic) bond motifs is 1. The van der Waals surface area contributed by atoms with Gasteiger partial charge in [-0.15, -0.1) is 0 Å². The number of hydrogen-bond donors (Lipinski definition) is 2. The maximum Gasteiger partial charge on any atom is 0.299 e. The van der Waals surface area contributed by atoms with Crippen molar-refractivity contribution in [3.8, 4) is 0 Å². The Balaban J connectivity index is 2.00. The van der Waals surface area contributed by atoms with Gasteiger partial charge in [-0.2, -0.15) is 5.10 Å². The maximum absolute atomic E-state index is 12.8. The third-order valence-corrected chi connectivity index (χ3v) is 5.67. The van der Waals surface area contributed by atoms with Gasteiger partial charge in [-0.3, -0.25) is 24.9 Å². The summed E-state index contributed by atoms with van der Waals surface area (Å²) in [4.78, 5) is 14.5. The summed E-state index contributed by atoms with van der Waals surface area (Å²) in [6.45, 7) is 4.07. The van der Waals surface area contributed by atoms with Gasteiger partial charge in [0.1, 0.15) is 0 Å². The van der Waals surface area contributed by atoms with Crippen molar-refractivity contribution >= 4 is 32.4 Å². The van der Waals surface area contributed by atoms with Crippen molar-refractivity contribution < 1.29 is 13.3 Å². The number of pyridine rings is 1. The van der Waals surface area contributed by atoms with E-state index >= 15 is 0 Å². The van der Waals surface area contributed by atoms with E-state index in [-0.39, 0.29) is 17.1 Å². The van der Waals surface area contributed by atoms with Crippen LogP contribution in [0.3, 0.4) is 0 Å². The molecule has 9 nitrogen and oxygen atoms in total. The molecule has 1 aromatic carbocycles. The van der Waals surface area contributed by atoms with Crippen molar-refractivity contribution in [2.75, 3.05) is 4.72 Å². The molecule has 0 saturated heterocycles. The first-order valence-corrected chi connectivity index (χ1v) is 9.92. The fourth-order valence-electron chi connectivity index (χ4n) is 2.94. The normalized spacial score (nSPS) is 12.8. The number of H-pyrrole nitrogens is 1. The molecule has 3 rings (SSSR count). The SMILES string of the molecule is CCCC(C)c1cc(NS(=O)(=O)c2ccc3ncccc3c2[N+](=O)[O-])n[nH]1. The predicted octanol–water partition coefficient (Wildman–Crippen LogP) is 3.57. The molecule has 3 aromatic rings. The van der Waals surface area contributed by atoms with E-state index in [9.17, 15) is 18.5 Å². The summed E-state index contributed by atoms with van der Waals surface area (Å²) in [7, 11) is -4.21. The standard InChI is InChI=1S/C17H19N5O4S/c1-3-5-11(2)14-10-16(20-19-14)21-27(25,26)15-8-7-13-12(6-4-9-18-13)17(15)22(23)24/h4,6-11H,3,5H2,1-2H3,(H2,19,20,21). The average molecular weight is 389 g/mol. The number of aromatic nitrogens is 3. The second kappa shape index (κ2) is 7.31. The quantitative estimate of drug-likeness (QED) is 0.469. The van der Waals surface area contributed by atoms with Gasteiger partial charge in [0.05, 0.1) is 15.8 Å². The molecule has 0 bridgehead atoms. The van der Waals surface area contributed by atoms with Gasteiger partial charge < -0.3 is 0 Å². The highest BCUT2D eigenvalue weighted by Gasteiger charge is 2.29. The summed E-state index contributed by atoms with van der Waals surface area (Å²) in [6.07, 6.45) is 3.40. The second-order valence-corrected chi connectivity index (χ2v) is 7.89. The zero-order chi connectivity index (χ0) is 19.6. The van der Waals surface area contributed by atoms with Gasteiger partial charge in [-0.05, 0) is 36.6 Å². The van der Waals surface area contributed by atoms with Gasteiger partial charge in [0, 0.05) is 18.0 Å². The van der Waals surface area contributed by atoms with Crippen LogP contribution in [0.25, 0.3) is 10.9 Å². The number of nitrogens with zero attached hydrogens (tertiary/aromatic N) is 3. The minimum atomic E-state index is -4.21. The summed E-state index contributed by atoms with van der Waals surface area (Å²) in [5.74, 6) is 0.287. The van der Waals surface area contributed by atoms with Crippen molar-refractivity contribution in [1.29, 1.82) is 0 Å². The molecular weight excluding hydrogens is 370 g/mol. The molecule has 0 spiro atoms. The molecule has 2 heterocycles. The molecule has 2 aromatic heterocycles.